The van der Waals surface area contributed by atoms with Gasteiger partial charge in [-0.25, -0.2) is 0 Å². The molecule has 152 valence electrons. The van der Waals surface area contributed by atoms with Crippen LogP contribution in [0, 0.1) is 5.41 Å². The van der Waals surface area contributed by atoms with Crippen molar-refractivity contribution in [3.63, 3.8) is 0 Å². The van der Waals surface area contributed by atoms with Crippen molar-refractivity contribution < 1.29 is 14.6 Å². The molecule has 4 heteroatoms. The van der Waals surface area contributed by atoms with Gasteiger partial charge in [-0.2, -0.15) is 0 Å². The van der Waals surface area contributed by atoms with E-state index in [0.29, 0.717) is 0 Å². The van der Waals surface area contributed by atoms with E-state index in [2.05, 4.69) is 41.3 Å². The molecule has 0 spiro atoms. The first-order valence-electron chi connectivity index (χ1n) is 10.3. The number of aliphatic hydroxyl groups is 1. The molecule has 1 fully saturated rings. The topological polar surface area (TPSA) is 41.9 Å². The predicted molar refractivity (Wildman–Crippen MR) is 113 cm³/mol. The lowest BCUT2D eigenvalue weighted by Gasteiger charge is -2.41. The molecular formula is C24H33NO3. The molecule has 4 nitrogen and oxygen atoms in total. The average Bonchev–Trinajstić information content (AvgIpc) is 2.75. The van der Waals surface area contributed by atoms with Gasteiger partial charge >= 0.3 is 0 Å². The second-order valence-corrected chi connectivity index (χ2v) is 7.93. The molecule has 1 heterocycles. The standard InChI is InChI=1S/C24H33NO3/c1-27-22-12-6-11-21(23(22)28-2)18-25-16-14-24(19-26,15-17-25)13-7-10-20-8-4-3-5-9-20/h3-6,8-9,11-12,26H,7,10,13-19H2,1-2H3. The minimum atomic E-state index is 0.0732. The number of likely N-dealkylation sites (tertiary alicyclic amines) is 1. The summed E-state index contributed by atoms with van der Waals surface area (Å²) in [5, 5.41) is 10.1. The zero-order valence-corrected chi connectivity index (χ0v) is 17.2. The first-order chi connectivity index (χ1) is 13.7. The zero-order chi connectivity index (χ0) is 19.8. The predicted octanol–water partition coefficient (Wildman–Crippen LogP) is 4.30. The van der Waals surface area contributed by atoms with Crippen LogP contribution in [0.3, 0.4) is 0 Å². The van der Waals surface area contributed by atoms with Crippen molar-refractivity contribution in [1.82, 2.24) is 4.90 Å². The number of aliphatic hydroxyl groups excluding tert-OH is 1. The maximum absolute atomic E-state index is 10.1. The summed E-state index contributed by atoms with van der Waals surface area (Å²) in [4.78, 5) is 2.46. The Hall–Kier alpha value is -2.04. The van der Waals surface area contributed by atoms with Crippen molar-refractivity contribution in [3.05, 3.63) is 59.7 Å². The Labute approximate surface area is 169 Å². The van der Waals surface area contributed by atoms with Crippen LogP contribution in [0.2, 0.25) is 0 Å². The first kappa shape index (κ1) is 20.7. The molecule has 28 heavy (non-hydrogen) atoms. The third-order valence-electron chi connectivity index (χ3n) is 6.15. The van der Waals surface area contributed by atoms with E-state index in [1.807, 2.05) is 12.1 Å². The number of methoxy groups -OCH3 is 2. The van der Waals surface area contributed by atoms with Crippen molar-refractivity contribution >= 4 is 0 Å². The molecule has 2 aromatic carbocycles. The third kappa shape index (κ3) is 5.06. The first-order valence-corrected chi connectivity index (χ1v) is 10.3. The van der Waals surface area contributed by atoms with Crippen molar-refractivity contribution in [2.24, 2.45) is 5.41 Å². The quantitative estimate of drug-likeness (QED) is 0.701. The minimum Gasteiger partial charge on any atom is -0.493 e. The van der Waals surface area contributed by atoms with Gasteiger partial charge in [0, 0.05) is 18.7 Å². The molecular weight excluding hydrogens is 350 g/mol. The summed E-state index contributed by atoms with van der Waals surface area (Å²) in [6.07, 6.45) is 5.41. The van der Waals surface area contributed by atoms with Gasteiger partial charge in [0.1, 0.15) is 0 Å². The maximum atomic E-state index is 10.1. The van der Waals surface area contributed by atoms with Crippen molar-refractivity contribution in [1.29, 1.82) is 0 Å². The van der Waals surface area contributed by atoms with E-state index >= 15 is 0 Å². The fourth-order valence-electron chi connectivity index (χ4n) is 4.30. The summed E-state index contributed by atoms with van der Waals surface area (Å²) >= 11 is 0. The molecule has 0 unspecified atom stereocenters. The lowest BCUT2D eigenvalue weighted by molar-refractivity contribution is 0.0327. The number of hydrogen-bond acceptors (Lipinski definition) is 4. The van der Waals surface area contributed by atoms with Crippen LogP contribution in [0.5, 0.6) is 11.5 Å². The van der Waals surface area contributed by atoms with Gasteiger partial charge in [-0.15, -0.1) is 0 Å². The van der Waals surface area contributed by atoms with Crippen molar-refractivity contribution in [3.8, 4) is 11.5 Å². The van der Waals surface area contributed by atoms with Gasteiger partial charge in [-0.05, 0) is 62.2 Å². The van der Waals surface area contributed by atoms with Crippen LogP contribution < -0.4 is 9.47 Å². The second kappa shape index (κ2) is 9.94. The summed E-state index contributed by atoms with van der Waals surface area (Å²) in [6.45, 7) is 3.16. The molecule has 0 aliphatic carbocycles. The van der Waals surface area contributed by atoms with Gasteiger partial charge in [0.25, 0.3) is 0 Å². The lowest BCUT2D eigenvalue weighted by Crippen LogP contribution is -2.41. The monoisotopic (exact) mass is 383 g/mol. The molecule has 0 aromatic heterocycles. The van der Waals surface area contributed by atoms with E-state index in [0.717, 1.165) is 68.8 Å². The van der Waals surface area contributed by atoms with Crippen LogP contribution in [0.1, 0.15) is 36.8 Å². The number of benzene rings is 2. The zero-order valence-electron chi connectivity index (χ0n) is 17.2. The normalized spacial score (nSPS) is 16.7. The highest BCUT2D eigenvalue weighted by molar-refractivity contribution is 5.46. The van der Waals surface area contributed by atoms with Crippen molar-refractivity contribution in [2.45, 2.75) is 38.6 Å². The highest BCUT2D eigenvalue weighted by Crippen LogP contribution is 2.38. The largest absolute Gasteiger partial charge is 0.493 e. The van der Waals surface area contributed by atoms with E-state index in [-0.39, 0.29) is 12.0 Å². The Bertz CT molecular complexity index is 724. The molecule has 0 radical (unpaired) electrons. The summed E-state index contributed by atoms with van der Waals surface area (Å²) in [5.41, 5.74) is 2.62. The average molecular weight is 384 g/mol. The Morgan fingerprint density at radius 1 is 0.964 bits per heavy atom. The number of ether oxygens (including phenoxy) is 2. The Morgan fingerprint density at radius 3 is 2.36 bits per heavy atom. The molecule has 1 N–H and O–H groups in total. The summed E-state index contributed by atoms with van der Waals surface area (Å²) in [5.74, 6) is 1.61. The molecule has 2 aromatic rings. The van der Waals surface area contributed by atoms with Crippen LogP contribution in [-0.2, 0) is 13.0 Å². The second-order valence-electron chi connectivity index (χ2n) is 7.93. The summed E-state index contributed by atoms with van der Waals surface area (Å²) in [7, 11) is 3.37. The highest BCUT2D eigenvalue weighted by Gasteiger charge is 2.33. The molecule has 0 saturated carbocycles. The van der Waals surface area contributed by atoms with E-state index < -0.39 is 0 Å². The molecule has 1 aliphatic heterocycles. The fourth-order valence-corrected chi connectivity index (χ4v) is 4.30. The number of rotatable bonds is 9. The highest BCUT2D eigenvalue weighted by atomic mass is 16.5. The van der Waals surface area contributed by atoms with Crippen LogP contribution in [0.25, 0.3) is 0 Å². The van der Waals surface area contributed by atoms with Crippen LogP contribution in [0.15, 0.2) is 48.5 Å². The summed E-state index contributed by atoms with van der Waals surface area (Å²) in [6, 6.07) is 16.7. The van der Waals surface area contributed by atoms with E-state index in [1.54, 1.807) is 14.2 Å². The number of piperidine rings is 1. The maximum Gasteiger partial charge on any atom is 0.165 e. The smallest absolute Gasteiger partial charge is 0.165 e. The minimum absolute atomic E-state index is 0.0732. The van der Waals surface area contributed by atoms with Gasteiger partial charge < -0.3 is 14.6 Å². The molecule has 1 saturated heterocycles. The molecule has 0 bridgehead atoms. The Kier molecular flexibility index (Phi) is 7.35. The van der Waals surface area contributed by atoms with Gasteiger partial charge in [-0.3, -0.25) is 4.90 Å². The number of nitrogens with zero attached hydrogens (tertiary/aromatic N) is 1. The van der Waals surface area contributed by atoms with Gasteiger partial charge in [-0.1, -0.05) is 42.5 Å². The van der Waals surface area contributed by atoms with E-state index in [4.69, 9.17) is 9.47 Å². The third-order valence-corrected chi connectivity index (χ3v) is 6.15. The number of para-hydroxylation sites is 1. The molecule has 0 atom stereocenters. The Morgan fingerprint density at radius 2 is 1.71 bits per heavy atom. The molecule has 0 amide bonds. The van der Waals surface area contributed by atoms with Gasteiger partial charge in [0.2, 0.25) is 0 Å². The molecule has 3 rings (SSSR count). The van der Waals surface area contributed by atoms with E-state index in [1.165, 1.54) is 5.56 Å². The number of aryl methyl sites for hydroxylation is 1. The van der Waals surface area contributed by atoms with Crippen LogP contribution in [0.4, 0.5) is 0 Å². The van der Waals surface area contributed by atoms with Crippen LogP contribution >= 0.6 is 0 Å². The van der Waals surface area contributed by atoms with Crippen molar-refractivity contribution in [2.75, 3.05) is 33.9 Å². The fraction of sp³-hybridized carbons (Fsp3) is 0.500. The van der Waals surface area contributed by atoms with Gasteiger partial charge in [0.15, 0.2) is 11.5 Å². The molecule has 1 aliphatic rings. The van der Waals surface area contributed by atoms with Gasteiger partial charge in [0.05, 0.1) is 14.2 Å². The Balaban J connectivity index is 1.54. The number of hydrogen-bond donors (Lipinski definition) is 1. The van der Waals surface area contributed by atoms with E-state index in [9.17, 15) is 5.11 Å². The SMILES string of the molecule is COc1cccc(CN2CCC(CO)(CCCc3ccccc3)CC2)c1OC. The summed E-state index contributed by atoms with van der Waals surface area (Å²) < 4.78 is 11.0. The van der Waals surface area contributed by atoms with Crippen LogP contribution in [-0.4, -0.2) is 43.9 Å². The lowest BCUT2D eigenvalue weighted by atomic mass is 9.75.